The standard InChI is InChI=1S/C34H45N5O4S/c1-34(2,3)25-8-9-26-23(17-25)16-24-18-30(44-33(24)38-26)32(42)36-27(10-11-39-12-14-43-15-13-39)21-4-6-22(7-5-21)31(41)37-28-19-35-20-29(28)40/h4-7,16,18,25,27-29,35,40H,8-15,17,19-20H2,1-3H3,(H,36,42)(H,37,41)/t25-,27+,28-,29-/m0/s1. The third-order valence-electron chi connectivity index (χ3n) is 9.54. The van der Waals surface area contributed by atoms with Crippen LogP contribution in [0.3, 0.4) is 0 Å². The highest BCUT2D eigenvalue weighted by Gasteiger charge is 2.30. The van der Waals surface area contributed by atoms with Gasteiger partial charge in [-0.15, -0.1) is 11.3 Å². The smallest absolute Gasteiger partial charge is 0.261 e. The first-order valence-electron chi connectivity index (χ1n) is 16.0. The van der Waals surface area contributed by atoms with E-state index in [-0.39, 0.29) is 29.3 Å². The van der Waals surface area contributed by atoms with Gasteiger partial charge in [0.1, 0.15) is 4.83 Å². The highest BCUT2D eigenvalue weighted by Crippen LogP contribution is 2.38. The molecule has 2 amide bonds. The zero-order chi connectivity index (χ0) is 30.8. The molecular weight excluding hydrogens is 574 g/mol. The molecular formula is C34H45N5O4S. The maximum atomic E-state index is 13.7. The number of aryl methyl sites for hydroxylation is 1. The zero-order valence-electron chi connectivity index (χ0n) is 26.0. The van der Waals surface area contributed by atoms with E-state index >= 15 is 0 Å². The van der Waals surface area contributed by atoms with E-state index in [1.807, 2.05) is 18.2 Å². The van der Waals surface area contributed by atoms with Crippen molar-refractivity contribution < 1.29 is 19.4 Å². The van der Waals surface area contributed by atoms with Gasteiger partial charge in [-0.2, -0.15) is 0 Å². The van der Waals surface area contributed by atoms with Crippen molar-refractivity contribution in [1.29, 1.82) is 0 Å². The van der Waals surface area contributed by atoms with Gasteiger partial charge in [0.25, 0.3) is 11.8 Å². The second-order valence-electron chi connectivity index (χ2n) is 13.6. The minimum absolute atomic E-state index is 0.102. The Morgan fingerprint density at radius 2 is 1.91 bits per heavy atom. The van der Waals surface area contributed by atoms with Crippen LogP contribution in [0.1, 0.15) is 76.5 Å². The number of aliphatic hydroxyl groups excluding tert-OH is 1. The number of benzene rings is 1. The summed E-state index contributed by atoms with van der Waals surface area (Å²) in [5, 5.41) is 20.4. The molecule has 2 fully saturated rings. The van der Waals surface area contributed by atoms with Crippen LogP contribution in [-0.4, -0.2) is 84.9 Å². The van der Waals surface area contributed by atoms with Crippen LogP contribution in [0.15, 0.2) is 36.4 Å². The molecule has 6 rings (SSSR count). The Morgan fingerprint density at radius 1 is 1.14 bits per heavy atom. The lowest BCUT2D eigenvalue weighted by Gasteiger charge is -2.34. The van der Waals surface area contributed by atoms with E-state index in [1.54, 1.807) is 12.1 Å². The Bertz CT molecular complexity index is 1480. The number of nitrogens with zero attached hydrogens (tertiary/aromatic N) is 2. The van der Waals surface area contributed by atoms with Gasteiger partial charge in [-0.05, 0) is 72.4 Å². The highest BCUT2D eigenvalue weighted by atomic mass is 32.1. The fraction of sp³-hybridized carbons (Fsp3) is 0.559. The van der Waals surface area contributed by atoms with Crippen molar-refractivity contribution in [2.45, 2.75) is 64.6 Å². The summed E-state index contributed by atoms with van der Waals surface area (Å²) in [6.07, 6.45) is 3.33. The molecule has 0 saturated carbocycles. The average Bonchev–Trinajstić information content (AvgIpc) is 3.63. The molecule has 3 aromatic rings. The van der Waals surface area contributed by atoms with Crippen LogP contribution in [-0.2, 0) is 17.6 Å². The fourth-order valence-electron chi connectivity index (χ4n) is 6.59. The topological polar surface area (TPSA) is 116 Å². The summed E-state index contributed by atoms with van der Waals surface area (Å²) in [7, 11) is 0. The van der Waals surface area contributed by atoms with Crippen molar-refractivity contribution in [1.82, 2.24) is 25.8 Å². The van der Waals surface area contributed by atoms with Crippen molar-refractivity contribution in [3.05, 3.63) is 63.7 Å². The van der Waals surface area contributed by atoms with Crippen LogP contribution in [0.4, 0.5) is 0 Å². The SMILES string of the molecule is CC(C)(C)[C@H]1CCc2nc3sc(C(=O)N[C@H](CCN4CCOCC4)c4ccc(C(=O)N[C@H]5CNC[C@@H]5O)cc4)cc3cc2C1. The lowest BCUT2D eigenvalue weighted by Crippen LogP contribution is -2.42. The molecule has 4 heterocycles. The Balaban J connectivity index is 1.18. The molecule has 9 nitrogen and oxygen atoms in total. The van der Waals surface area contributed by atoms with Gasteiger partial charge in [-0.1, -0.05) is 32.9 Å². The number of carbonyl (C=O) groups is 2. The Kier molecular flexibility index (Phi) is 9.35. The largest absolute Gasteiger partial charge is 0.390 e. The number of aromatic nitrogens is 1. The first kappa shape index (κ1) is 31.1. The van der Waals surface area contributed by atoms with Gasteiger partial charge in [0.2, 0.25) is 0 Å². The number of aliphatic hydroxyl groups is 1. The number of rotatable bonds is 8. The number of pyridine rings is 1. The Labute approximate surface area is 263 Å². The fourth-order valence-corrected chi connectivity index (χ4v) is 7.53. The van der Waals surface area contributed by atoms with Crippen molar-refractivity contribution >= 4 is 33.4 Å². The highest BCUT2D eigenvalue weighted by molar-refractivity contribution is 7.20. The van der Waals surface area contributed by atoms with Gasteiger partial charge in [-0.25, -0.2) is 4.98 Å². The van der Waals surface area contributed by atoms with E-state index in [0.29, 0.717) is 29.4 Å². The van der Waals surface area contributed by atoms with E-state index in [9.17, 15) is 14.7 Å². The lowest BCUT2D eigenvalue weighted by atomic mass is 9.71. The van der Waals surface area contributed by atoms with Gasteiger partial charge < -0.3 is 25.8 Å². The minimum Gasteiger partial charge on any atom is -0.390 e. The quantitative estimate of drug-likeness (QED) is 0.304. The summed E-state index contributed by atoms with van der Waals surface area (Å²) >= 11 is 1.46. The monoisotopic (exact) mass is 619 g/mol. The summed E-state index contributed by atoms with van der Waals surface area (Å²) in [6.45, 7) is 12.0. The van der Waals surface area contributed by atoms with Gasteiger partial charge >= 0.3 is 0 Å². The predicted molar refractivity (Wildman–Crippen MR) is 173 cm³/mol. The van der Waals surface area contributed by atoms with Gasteiger partial charge in [-0.3, -0.25) is 14.5 Å². The third-order valence-corrected chi connectivity index (χ3v) is 10.6. The van der Waals surface area contributed by atoms with Crippen LogP contribution < -0.4 is 16.0 Å². The number of thiophene rings is 1. The minimum atomic E-state index is -0.590. The number of fused-ring (bicyclic) bond motifs is 2. The number of morpholine rings is 1. The molecule has 4 N–H and O–H groups in total. The number of ether oxygens (including phenoxy) is 1. The van der Waals surface area contributed by atoms with Crippen LogP contribution in [0.2, 0.25) is 0 Å². The van der Waals surface area contributed by atoms with Gasteiger partial charge in [0.15, 0.2) is 0 Å². The molecule has 1 aromatic carbocycles. The van der Waals surface area contributed by atoms with Crippen molar-refractivity contribution in [2.24, 2.45) is 11.3 Å². The Hall–Kier alpha value is -2.89. The number of amides is 2. The van der Waals surface area contributed by atoms with E-state index < -0.39 is 6.10 Å². The molecule has 10 heteroatoms. The van der Waals surface area contributed by atoms with Crippen molar-refractivity contribution in [3.8, 4) is 0 Å². The van der Waals surface area contributed by atoms with E-state index in [1.165, 1.54) is 22.6 Å². The average molecular weight is 620 g/mol. The number of carbonyl (C=O) groups excluding carboxylic acids is 2. The lowest BCUT2D eigenvalue weighted by molar-refractivity contribution is 0.0360. The summed E-state index contributed by atoms with van der Waals surface area (Å²) in [5.41, 5.74) is 4.24. The molecule has 0 bridgehead atoms. The second kappa shape index (κ2) is 13.2. The van der Waals surface area contributed by atoms with Gasteiger partial charge in [0.05, 0.1) is 36.3 Å². The number of β-amino-alcohol motifs (C(OH)–C–C–N with tert-alkyl or cyclic N) is 1. The molecule has 2 saturated heterocycles. The normalized spacial score (nSPS) is 23.3. The van der Waals surface area contributed by atoms with E-state index in [4.69, 9.17) is 9.72 Å². The predicted octanol–water partition coefficient (Wildman–Crippen LogP) is 3.70. The first-order valence-corrected chi connectivity index (χ1v) is 16.8. The van der Waals surface area contributed by atoms with Gasteiger partial charge in [0, 0.05) is 49.4 Å². The third kappa shape index (κ3) is 7.15. The molecule has 3 aliphatic rings. The van der Waals surface area contributed by atoms with Crippen molar-refractivity contribution in [3.63, 3.8) is 0 Å². The molecule has 1 aliphatic carbocycles. The summed E-state index contributed by atoms with van der Waals surface area (Å²) in [6, 6.07) is 11.2. The molecule has 44 heavy (non-hydrogen) atoms. The summed E-state index contributed by atoms with van der Waals surface area (Å²) in [5.74, 6) is 0.314. The zero-order valence-corrected chi connectivity index (χ0v) is 26.8. The van der Waals surface area contributed by atoms with Crippen LogP contribution in [0.5, 0.6) is 0 Å². The molecule has 0 spiro atoms. The molecule has 4 atom stereocenters. The maximum absolute atomic E-state index is 13.7. The van der Waals surface area contributed by atoms with Crippen LogP contribution >= 0.6 is 11.3 Å². The van der Waals surface area contributed by atoms with Crippen molar-refractivity contribution in [2.75, 3.05) is 45.9 Å². The molecule has 0 unspecified atom stereocenters. The first-order chi connectivity index (χ1) is 21.1. The summed E-state index contributed by atoms with van der Waals surface area (Å²) in [4.78, 5) is 35.5. The summed E-state index contributed by atoms with van der Waals surface area (Å²) < 4.78 is 5.52. The molecule has 236 valence electrons. The number of nitrogens with one attached hydrogen (secondary N) is 3. The Morgan fingerprint density at radius 3 is 2.61 bits per heavy atom. The van der Waals surface area contributed by atoms with Crippen LogP contribution in [0, 0.1) is 11.3 Å². The molecule has 0 radical (unpaired) electrons. The number of hydrogen-bond donors (Lipinski definition) is 4. The maximum Gasteiger partial charge on any atom is 0.261 e. The number of hydrogen-bond acceptors (Lipinski definition) is 8. The van der Waals surface area contributed by atoms with E-state index in [2.05, 4.69) is 47.7 Å². The second-order valence-corrected chi connectivity index (χ2v) is 14.6. The van der Waals surface area contributed by atoms with E-state index in [0.717, 1.165) is 74.3 Å². The van der Waals surface area contributed by atoms with Crippen LogP contribution in [0.25, 0.3) is 10.2 Å². The molecule has 2 aliphatic heterocycles. The molecule has 2 aromatic heterocycles.